The van der Waals surface area contributed by atoms with Crippen molar-refractivity contribution in [1.82, 2.24) is 5.32 Å². The summed E-state index contributed by atoms with van der Waals surface area (Å²) in [7, 11) is 0. The number of hydrogen-bond acceptors (Lipinski definition) is 2. The van der Waals surface area contributed by atoms with Gasteiger partial charge in [0.1, 0.15) is 0 Å². The van der Waals surface area contributed by atoms with Crippen LogP contribution in [-0.4, -0.2) is 23.1 Å². The second kappa shape index (κ2) is 6.91. The van der Waals surface area contributed by atoms with Gasteiger partial charge in [-0.25, -0.2) is 4.79 Å². The molecule has 7 heteroatoms. The highest BCUT2D eigenvalue weighted by Crippen LogP contribution is 2.26. The molecule has 0 spiro atoms. The molecule has 0 radical (unpaired) electrons. The van der Waals surface area contributed by atoms with Crippen molar-refractivity contribution in [2.75, 3.05) is 5.32 Å². The smallest absolute Gasteiger partial charge is 0.319 e. The number of aliphatic carboxylic acids is 1. The van der Waals surface area contributed by atoms with Gasteiger partial charge < -0.3 is 15.7 Å². The lowest BCUT2D eigenvalue weighted by atomic mass is 10.0. The molecule has 0 fully saturated rings. The molecule has 0 aliphatic rings. The first-order chi connectivity index (χ1) is 8.81. The van der Waals surface area contributed by atoms with Crippen LogP contribution in [0.3, 0.4) is 0 Å². The van der Waals surface area contributed by atoms with E-state index in [-0.39, 0.29) is 0 Å². The highest BCUT2D eigenvalue weighted by molar-refractivity contribution is 9.11. The third-order valence-electron chi connectivity index (χ3n) is 2.67. The van der Waals surface area contributed by atoms with Gasteiger partial charge in [-0.3, -0.25) is 4.79 Å². The van der Waals surface area contributed by atoms with Gasteiger partial charge in [-0.1, -0.05) is 15.9 Å². The van der Waals surface area contributed by atoms with Crippen LogP contribution in [0.1, 0.15) is 13.8 Å². The summed E-state index contributed by atoms with van der Waals surface area (Å²) in [5.74, 6) is -1.60. The van der Waals surface area contributed by atoms with E-state index >= 15 is 0 Å². The van der Waals surface area contributed by atoms with E-state index in [4.69, 9.17) is 5.11 Å². The van der Waals surface area contributed by atoms with Crippen LogP contribution in [0, 0.1) is 5.92 Å². The minimum atomic E-state index is -0.948. The van der Waals surface area contributed by atoms with Crippen LogP contribution in [0.25, 0.3) is 0 Å². The number of carbonyl (C=O) groups is 2. The molecule has 0 saturated heterocycles. The van der Waals surface area contributed by atoms with Crippen LogP contribution in [0.5, 0.6) is 0 Å². The molecular formula is C12H14Br2N2O3. The lowest BCUT2D eigenvalue weighted by Crippen LogP contribution is -2.42. The maximum Gasteiger partial charge on any atom is 0.319 e. The van der Waals surface area contributed by atoms with Crippen molar-refractivity contribution in [3.63, 3.8) is 0 Å². The Bertz CT molecular complexity index is 494. The summed E-state index contributed by atoms with van der Waals surface area (Å²) in [6, 6.07) is 4.46. The van der Waals surface area contributed by atoms with Gasteiger partial charge in [-0.2, -0.15) is 0 Å². The van der Waals surface area contributed by atoms with Crippen LogP contribution in [-0.2, 0) is 4.79 Å². The van der Waals surface area contributed by atoms with E-state index in [1.54, 1.807) is 26.0 Å². The number of carboxylic acids is 1. The van der Waals surface area contributed by atoms with E-state index in [0.29, 0.717) is 5.69 Å². The van der Waals surface area contributed by atoms with Crippen molar-refractivity contribution in [3.8, 4) is 0 Å². The first-order valence-corrected chi connectivity index (χ1v) is 7.15. The third kappa shape index (κ3) is 4.83. The van der Waals surface area contributed by atoms with Gasteiger partial charge in [0.25, 0.3) is 0 Å². The highest BCUT2D eigenvalue weighted by Gasteiger charge is 2.21. The minimum Gasteiger partial charge on any atom is -0.481 e. The van der Waals surface area contributed by atoms with E-state index in [1.807, 2.05) is 6.07 Å². The maximum atomic E-state index is 11.8. The van der Waals surface area contributed by atoms with Crippen LogP contribution >= 0.6 is 31.9 Å². The number of benzene rings is 1. The van der Waals surface area contributed by atoms with Gasteiger partial charge >= 0.3 is 12.0 Å². The predicted molar refractivity (Wildman–Crippen MR) is 80.3 cm³/mol. The van der Waals surface area contributed by atoms with Crippen LogP contribution in [0.2, 0.25) is 0 Å². The number of amides is 2. The van der Waals surface area contributed by atoms with E-state index in [1.165, 1.54) is 0 Å². The first kappa shape index (κ1) is 16.0. The molecule has 2 amide bonds. The summed E-state index contributed by atoms with van der Waals surface area (Å²) in [4.78, 5) is 22.6. The molecule has 2 unspecified atom stereocenters. The van der Waals surface area contributed by atoms with Gasteiger partial charge in [-0.05, 0) is 48.0 Å². The number of halogens is 2. The molecule has 0 heterocycles. The number of carbonyl (C=O) groups excluding carboxylic acids is 1. The van der Waals surface area contributed by atoms with E-state index in [9.17, 15) is 9.59 Å². The summed E-state index contributed by atoms with van der Waals surface area (Å²) >= 11 is 6.63. The van der Waals surface area contributed by atoms with Gasteiger partial charge in [0.2, 0.25) is 0 Å². The van der Waals surface area contributed by atoms with Crippen LogP contribution in [0.15, 0.2) is 27.1 Å². The molecule has 0 aliphatic heterocycles. The molecule has 0 bridgehead atoms. The number of carboxylic acid groups (broad SMARTS) is 1. The predicted octanol–water partition coefficient (Wildman–Crippen LogP) is 3.44. The third-order valence-corrected chi connectivity index (χ3v) is 3.86. The lowest BCUT2D eigenvalue weighted by Gasteiger charge is -2.18. The topological polar surface area (TPSA) is 78.4 Å². The Labute approximate surface area is 128 Å². The molecule has 104 valence electrons. The van der Waals surface area contributed by atoms with Gasteiger partial charge in [0.15, 0.2) is 0 Å². The standard InChI is InChI=1S/C12H14Br2N2O3/c1-6(11(17)18)7(2)15-12(19)16-10-5-8(13)3-4-9(10)14/h3-7H,1-2H3,(H,17,18)(H2,15,16,19). The van der Waals surface area contributed by atoms with Crippen molar-refractivity contribution in [2.24, 2.45) is 5.92 Å². The zero-order chi connectivity index (χ0) is 14.6. The Morgan fingerprint density at radius 2 is 1.89 bits per heavy atom. The summed E-state index contributed by atoms with van der Waals surface area (Å²) < 4.78 is 1.57. The molecule has 0 aromatic heterocycles. The summed E-state index contributed by atoms with van der Waals surface area (Å²) in [5.41, 5.74) is 0.599. The molecule has 3 N–H and O–H groups in total. The SMILES string of the molecule is CC(NC(=O)Nc1cc(Br)ccc1Br)C(C)C(=O)O. The molecule has 1 aromatic rings. The molecule has 0 saturated carbocycles. The number of urea groups is 1. The van der Waals surface area contributed by atoms with Crippen molar-refractivity contribution in [2.45, 2.75) is 19.9 Å². The van der Waals surface area contributed by atoms with Gasteiger partial charge in [0, 0.05) is 15.0 Å². The van der Waals surface area contributed by atoms with Gasteiger partial charge in [0.05, 0.1) is 11.6 Å². The molecule has 2 atom stereocenters. The molecule has 0 aliphatic carbocycles. The fraction of sp³-hybridized carbons (Fsp3) is 0.333. The van der Waals surface area contributed by atoms with Crippen molar-refractivity contribution >= 4 is 49.5 Å². The first-order valence-electron chi connectivity index (χ1n) is 5.56. The Balaban J connectivity index is 2.65. The zero-order valence-electron chi connectivity index (χ0n) is 10.4. The Kier molecular flexibility index (Phi) is 5.81. The largest absolute Gasteiger partial charge is 0.481 e. The van der Waals surface area contributed by atoms with E-state index < -0.39 is 24.0 Å². The summed E-state index contributed by atoms with van der Waals surface area (Å²) in [5, 5.41) is 14.1. The van der Waals surface area contributed by atoms with Crippen LogP contribution in [0.4, 0.5) is 10.5 Å². The van der Waals surface area contributed by atoms with Crippen molar-refractivity contribution in [1.29, 1.82) is 0 Å². The summed E-state index contributed by atoms with van der Waals surface area (Å²) in [6.07, 6.45) is 0. The van der Waals surface area contributed by atoms with Crippen LogP contribution < -0.4 is 10.6 Å². The monoisotopic (exact) mass is 392 g/mol. The zero-order valence-corrected chi connectivity index (χ0v) is 13.6. The molecule has 1 rings (SSSR count). The van der Waals surface area contributed by atoms with E-state index in [2.05, 4.69) is 42.5 Å². The number of anilines is 1. The molecule has 5 nitrogen and oxygen atoms in total. The average molecular weight is 394 g/mol. The second-order valence-electron chi connectivity index (χ2n) is 4.14. The molecule has 19 heavy (non-hydrogen) atoms. The fourth-order valence-corrected chi connectivity index (χ4v) is 2.00. The van der Waals surface area contributed by atoms with Crippen molar-refractivity contribution < 1.29 is 14.7 Å². The maximum absolute atomic E-state index is 11.8. The average Bonchev–Trinajstić information content (AvgIpc) is 2.32. The fourth-order valence-electron chi connectivity index (χ4n) is 1.30. The number of rotatable bonds is 4. The number of hydrogen-bond donors (Lipinski definition) is 3. The number of nitrogens with one attached hydrogen (secondary N) is 2. The summed E-state index contributed by atoms with van der Waals surface area (Å²) in [6.45, 7) is 3.19. The highest BCUT2D eigenvalue weighted by atomic mass is 79.9. The van der Waals surface area contributed by atoms with Crippen molar-refractivity contribution in [3.05, 3.63) is 27.1 Å². The normalized spacial score (nSPS) is 13.5. The Morgan fingerprint density at radius 1 is 1.26 bits per heavy atom. The minimum absolute atomic E-state index is 0.445. The molecular weight excluding hydrogens is 380 g/mol. The lowest BCUT2D eigenvalue weighted by molar-refractivity contribution is -0.141. The quantitative estimate of drug-likeness (QED) is 0.733. The second-order valence-corrected chi connectivity index (χ2v) is 5.91. The Hall–Kier alpha value is -1.08. The Morgan fingerprint density at radius 3 is 2.47 bits per heavy atom. The van der Waals surface area contributed by atoms with E-state index in [0.717, 1.165) is 8.95 Å². The molecule has 1 aromatic carbocycles. The van der Waals surface area contributed by atoms with Gasteiger partial charge in [-0.15, -0.1) is 0 Å².